The second-order valence-corrected chi connectivity index (χ2v) is 7.97. The summed E-state index contributed by atoms with van der Waals surface area (Å²) in [7, 11) is 0. The molecule has 4 rings (SSSR count). The maximum absolute atomic E-state index is 12.6. The number of aryl methyl sites for hydroxylation is 1. The molecule has 7 heteroatoms. The lowest BCUT2D eigenvalue weighted by Gasteiger charge is -2.43. The number of benzene rings is 1. The lowest BCUT2D eigenvalue weighted by Crippen LogP contribution is -2.58. The highest BCUT2D eigenvalue weighted by Gasteiger charge is 2.39. The average molecular weight is 402 g/mol. The van der Waals surface area contributed by atoms with E-state index in [4.69, 9.17) is 16.3 Å². The van der Waals surface area contributed by atoms with Crippen LogP contribution in [0.5, 0.6) is 0 Å². The van der Waals surface area contributed by atoms with Crippen LogP contribution < -0.4 is 5.32 Å². The molecule has 2 amide bonds. The number of amides is 2. The standard InChI is InChI=1S/C21H24ClN3O3/c22-16-3-1-15(2-4-16)18-7-5-17(24-18)6-8-20(27)25-11-9-21(10-12-25)14-23-19(26)13-28-21/h1-5,7,24H,6,8-14H2,(H,23,26). The first-order chi connectivity index (χ1) is 13.5. The molecule has 2 saturated heterocycles. The van der Waals surface area contributed by atoms with E-state index >= 15 is 0 Å². The van der Waals surface area contributed by atoms with Crippen molar-refractivity contribution in [3.8, 4) is 11.3 Å². The van der Waals surface area contributed by atoms with Gasteiger partial charge in [0.2, 0.25) is 11.8 Å². The fourth-order valence-electron chi connectivity index (χ4n) is 3.85. The van der Waals surface area contributed by atoms with Gasteiger partial charge in [0.25, 0.3) is 0 Å². The monoisotopic (exact) mass is 401 g/mol. The summed E-state index contributed by atoms with van der Waals surface area (Å²) in [6.45, 7) is 2.02. The zero-order valence-electron chi connectivity index (χ0n) is 15.7. The van der Waals surface area contributed by atoms with Crippen LogP contribution in [-0.4, -0.2) is 53.5 Å². The van der Waals surface area contributed by atoms with Gasteiger partial charge in [-0.2, -0.15) is 0 Å². The van der Waals surface area contributed by atoms with E-state index in [1.165, 1.54) is 0 Å². The van der Waals surface area contributed by atoms with Crippen LogP contribution in [0, 0.1) is 0 Å². The van der Waals surface area contributed by atoms with Crippen molar-refractivity contribution >= 4 is 23.4 Å². The van der Waals surface area contributed by atoms with Crippen molar-refractivity contribution in [1.29, 1.82) is 0 Å². The third kappa shape index (κ3) is 4.23. The van der Waals surface area contributed by atoms with Crippen molar-refractivity contribution < 1.29 is 14.3 Å². The van der Waals surface area contributed by atoms with Crippen LogP contribution in [0.25, 0.3) is 11.3 Å². The molecule has 28 heavy (non-hydrogen) atoms. The summed E-state index contributed by atoms with van der Waals surface area (Å²) in [5, 5.41) is 3.59. The molecule has 1 aromatic carbocycles. The first-order valence-corrected chi connectivity index (χ1v) is 10.0. The molecule has 148 valence electrons. The van der Waals surface area contributed by atoms with E-state index in [1.54, 1.807) is 0 Å². The molecular weight excluding hydrogens is 378 g/mol. The molecule has 0 atom stereocenters. The number of morpholine rings is 1. The molecular formula is C21H24ClN3O3. The summed E-state index contributed by atoms with van der Waals surface area (Å²) in [6, 6.07) is 11.7. The Hall–Kier alpha value is -2.31. The van der Waals surface area contributed by atoms with Crippen molar-refractivity contribution in [3.63, 3.8) is 0 Å². The summed E-state index contributed by atoms with van der Waals surface area (Å²) in [5.74, 6) is 0.102. The Morgan fingerprint density at radius 3 is 2.57 bits per heavy atom. The quantitative estimate of drug-likeness (QED) is 0.827. The third-order valence-electron chi connectivity index (χ3n) is 5.65. The predicted octanol–water partition coefficient (Wildman–Crippen LogP) is 2.78. The molecule has 0 saturated carbocycles. The van der Waals surface area contributed by atoms with Crippen LogP contribution in [0.3, 0.4) is 0 Å². The zero-order valence-corrected chi connectivity index (χ0v) is 16.4. The number of ether oxygens (including phenoxy) is 1. The lowest BCUT2D eigenvalue weighted by molar-refractivity contribution is -0.154. The van der Waals surface area contributed by atoms with E-state index in [2.05, 4.69) is 10.3 Å². The number of aromatic nitrogens is 1. The number of H-pyrrole nitrogens is 1. The van der Waals surface area contributed by atoms with Crippen molar-refractivity contribution in [2.75, 3.05) is 26.2 Å². The SMILES string of the molecule is O=C1COC2(CCN(C(=O)CCc3ccc(-c4ccc(Cl)cc4)[nH]3)CC2)CN1. The largest absolute Gasteiger partial charge is 0.363 e. The average Bonchev–Trinajstić information content (AvgIpc) is 3.19. The lowest BCUT2D eigenvalue weighted by atomic mass is 9.90. The highest BCUT2D eigenvalue weighted by molar-refractivity contribution is 6.30. The van der Waals surface area contributed by atoms with Gasteiger partial charge in [-0.1, -0.05) is 23.7 Å². The van der Waals surface area contributed by atoms with E-state index in [1.807, 2.05) is 41.3 Å². The van der Waals surface area contributed by atoms with Crippen molar-refractivity contribution in [2.24, 2.45) is 0 Å². The normalized spacial score (nSPS) is 18.9. The molecule has 1 aromatic heterocycles. The number of hydrogen-bond donors (Lipinski definition) is 2. The van der Waals surface area contributed by atoms with Gasteiger partial charge in [0, 0.05) is 42.5 Å². The molecule has 0 radical (unpaired) electrons. The Morgan fingerprint density at radius 2 is 1.89 bits per heavy atom. The fourth-order valence-corrected chi connectivity index (χ4v) is 3.97. The number of nitrogens with one attached hydrogen (secondary N) is 2. The van der Waals surface area contributed by atoms with Crippen LogP contribution in [0.4, 0.5) is 0 Å². The van der Waals surface area contributed by atoms with E-state index in [0.29, 0.717) is 37.5 Å². The molecule has 2 aromatic rings. The van der Waals surface area contributed by atoms with Crippen LogP contribution in [0.2, 0.25) is 5.02 Å². The molecule has 0 unspecified atom stereocenters. The molecule has 2 aliphatic heterocycles. The number of piperidine rings is 1. The number of aromatic amines is 1. The van der Waals surface area contributed by atoms with Gasteiger partial charge in [0.1, 0.15) is 6.61 Å². The van der Waals surface area contributed by atoms with Crippen LogP contribution in [-0.2, 0) is 20.7 Å². The summed E-state index contributed by atoms with van der Waals surface area (Å²) in [6.07, 6.45) is 2.69. The van der Waals surface area contributed by atoms with Gasteiger partial charge in [0.15, 0.2) is 0 Å². The third-order valence-corrected chi connectivity index (χ3v) is 5.91. The maximum atomic E-state index is 12.6. The van der Waals surface area contributed by atoms with Crippen molar-refractivity contribution in [2.45, 2.75) is 31.3 Å². The van der Waals surface area contributed by atoms with E-state index in [0.717, 1.165) is 29.8 Å². The Bertz CT molecular complexity index is 842. The first kappa shape index (κ1) is 19.0. The number of carbonyl (C=O) groups is 2. The zero-order chi connectivity index (χ0) is 19.6. The van der Waals surface area contributed by atoms with Gasteiger partial charge >= 0.3 is 0 Å². The van der Waals surface area contributed by atoms with Gasteiger partial charge in [-0.25, -0.2) is 0 Å². The molecule has 6 nitrogen and oxygen atoms in total. The smallest absolute Gasteiger partial charge is 0.246 e. The summed E-state index contributed by atoms with van der Waals surface area (Å²) in [5.41, 5.74) is 2.85. The number of rotatable bonds is 4. The Morgan fingerprint density at radius 1 is 1.14 bits per heavy atom. The van der Waals surface area contributed by atoms with Gasteiger partial charge in [0.05, 0.1) is 5.60 Å². The van der Waals surface area contributed by atoms with Gasteiger partial charge < -0.3 is 19.9 Å². The second kappa shape index (κ2) is 7.97. The van der Waals surface area contributed by atoms with E-state index in [9.17, 15) is 9.59 Å². The second-order valence-electron chi connectivity index (χ2n) is 7.53. The molecule has 3 heterocycles. The summed E-state index contributed by atoms with van der Waals surface area (Å²) in [4.78, 5) is 29.2. The molecule has 1 spiro atoms. The topological polar surface area (TPSA) is 74.4 Å². The van der Waals surface area contributed by atoms with Crippen LogP contribution in [0.1, 0.15) is 25.0 Å². The van der Waals surface area contributed by atoms with E-state index < -0.39 is 0 Å². The first-order valence-electron chi connectivity index (χ1n) is 9.65. The molecule has 0 aliphatic carbocycles. The van der Waals surface area contributed by atoms with Gasteiger partial charge in [-0.3, -0.25) is 9.59 Å². The molecule has 2 aliphatic rings. The van der Waals surface area contributed by atoms with Gasteiger partial charge in [-0.05, 0) is 49.1 Å². The molecule has 0 bridgehead atoms. The minimum absolute atomic E-state index is 0.0620. The number of halogens is 1. The fraction of sp³-hybridized carbons (Fsp3) is 0.429. The number of hydrogen-bond acceptors (Lipinski definition) is 3. The van der Waals surface area contributed by atoms with Crippen LogP contribution >= 0.6 is 11.6 Å². The number of likely N-dealkylation sites (tertiary alicyclic amines) is 1. The Kier molecular flexibility index (Phi) is 5.42. The minimum atomic E-state index is -0.294. The molecule has 2 fully saturated rings. The van der Waals surface area contributed by atoms with Crippen LogP contribution in [0.15, 0.2) is 36.4 Å². The van der Waals surface area contributed by atoms with E-state index in [-0.39, 0.29) is 24.0 Å². The Labute approximate surface area is 169 Å². The minimum Gasteiger partial charge on any atom is -0.363 e. The Balaban J connectivity index is 1.27. The predicted molar refractivity (Wildman–Crippen MR) is 107 cm³/mol. The van der Waals surface area contributed by atoms with Crippen molar-refractivity contribution in [3.05, 3.63) is 47.1 Å². The van der Waals surface area contributed by atoms with Crippen molar-refractivity contribution in [1.82, 2.24) is 15.2 Å². The summed E-state index contributed by atoms with van der Waals surface area (Å²) < 4.78 is 5.76. The summed E-state index contributed by atoms with van der Waals surface area (Å²) >= 11 is 5.94. The van der Waals surface area contributed by atoms with Gasteiger partial charge in [-0.15, -0.1) is 0 Å². The number of carbonyl (C=O) groups excluding carboxylic acids is 2. The number of nitrogens with zero attached hydrogens (tertiary/aromatic N) is 1. The highest BCUT2D eigenvalue weighted by atomic mass is 35.5. The highest BCUT2D eigenvalue weighted by Crippen LogP contribution is 2.28. The maximum Gasteiger partial charge on any atom is 0.246 e. The molecule has 2 N–H and O–H groups in total.